The van der Waals surface area contributed by atoms with Crippen molar-refractivity contribution < 1.29 is 18.0 Å². The van der Waals surface area contributed by atoms with Gasteiger partial charge in [0.2, 0.25) is 11.9 Å². The maximum absolute atomic E-state index is 12.6. The summed E-state index contributed by atoms with van der Waals surface area (Å²) in [5.74, 6) is -0.340. The summed E-state index contributed by atoms with van der Waals surface area (Å²) < 4.78 is 37.8. The molecule has 0 fully saturated rings. The number of alkyl halides is 3. The van der Waals surface area contributed by atoms with Crippen LogP contribution in [0.15, 0.2) is 18.2 Å². The second-order valence-electron chi connectivity index (χ2n) is 4.70. The zero-order valence-electron chi connectivity index (χ0n) is 11.7. The van der Waals surface area contributed by atoms with Gasteiger partial charge in [0.25, 0.3) is 0 Å². The number of carbonyl (C=O) groups is 1. The van der Waals surface area contributed by atoms with Crippen LogP contribution < -0.4 is 11.1 Å². The van der Waals surface area contributed by atoms with E-state index in [-0.39, 0.29) is 23.9 Å². The molecule has 9 heteroatoms. The molecule has 2 aromatic rings. The van der Waals surface area contributed by atoms with E-state index in [1.54, 1.807) is 0 Å². The first kappa shape index (κ1) is 18.2. The maximum atomic E-state index is 12.6. The number of halogens is 4. The highest BCUT2D eigenvalue weighted by Gasteiger charge is 2.30. The van der Waals surface area contributed by atoms with Crippen molar-refractivity contribution in [2.75, 3.05) is 5.32 Å². The van der Waals surface area contributed by atoms with E-state index in [0.29, 0.717) is 11.9 Å². The Morgan fingerprint density at radius 3 is 2.73 bits per heavy atom. The summed E-state index contributed by atoms with van der Waals surface area (Å²) in [6.07, 6.45) is -3.15. The molecule has 0 aliphatic carbocycles. The van der Waals surface area contributed by atoms with E-state index in [0.717, 1.165) is 18.6 Å². The number of nitrogens with zero attached hydrogens (tertiary/aromatic N) is 1. The molecule has 5 nitrogen and oxygen atoms in total. The molecule has 0 radical (unpaired) electrons. The lowest BCUT2D eigenvalue weighted by Crippen LogP contribution is -2.35. The van der Waals surface area contributed by atoms with E-state index in [2.05, 4.69) is 15.3 Å². The molecule has 0 saturated heterocycles. The lowest BCUT2D eigenvalue weighted by atomic mass is 10.2. The zero-order valence-corrected chi connectivity index (χ0v) is 12.5. The number of hydrogen-bond donors (Lipinski definition) is 3. The van der Waals surface area contributed by atoms with Gasteiger partial charge in [0.15, 0.2) is 0 Å². The van der Waals surface area contributed by atoms with Crippen molar-refractivity contribution in [1.29, 1.82) is 0 Å². The van der Waals surface area contributed by atoms with Gasteiger partial charge in [-0.1, -0.05) is 13.3 Å². The third-order valence-corrected chi connectivity index (χ3v) is 2.99. The van der Waals surface area contributed by atoms with E-state index >= 15 is 0 Å². The molecule has 1 aromatic heterocycles. The van der Waals surface area contributed by atoms with E-state index in [4.69, 9.17) is 5.73 Å². The van der Waals surface area contributed by atoms with E-state index in [9.17, 15) is 18.0 Å². The molecule has 122 valence electrons. The molecule has 0 saturated carbocycles. The Bertz CT molecular complexity index is 656. The van der Waals surface area contributed by atoms with Crippen LogP contribution >= 0.6 is 12.4 Å². The Balaban J connectivity index is 0.00000242. The van der Waals surface area contributed by atoms with Gasteiger partial charge in [-0.15, -0.1) is 12.4 Å². The fraction of sp³-hybridized carbons (Fsp3) is 0.385. The first-order chi connectivity index (χ1) is 9.81. The van der Waals surface area contributed by atoms with Gasteiger partial charge in [0, 0.05) is 0 Å². The van der Waals surface area contributed by atoms with Crippen LogP contribution in [0.5, 0.6) is 0 Å². The number of rotatable bonds is 4. The van der Waals surface area contributed by atoms with Crippen molar-refractivity contribution in [2.24, 2.45) is 5.73 Å². The number of carbonyl (C=O) groups excluding carboxylic acids is 1. The first-order valence-corrected chi connectivity index (χ1v) is 6.44. The largest absolute Gasteiger partial charge is 0.416 e. The van der Waals surface area contributed by atoms with Crippen LogP contribution in [-0.4, -0.2) is 21.9 Å². The van der Waals surface area contributed by atoms with E-state index < -0.39 is 23.7 Å². The fourth-order valence-corrected chi connectivity index (χ4v) is 1.90. The Hall–Kier alpha value is -1.80. The molecule has 1 heterocycles. The highest BCUT2D eigenvalue weighted by Crippen LogP contribution is 2.31. The quantitative estimate of drug-likeness (QED) is 0.802. The molecular weight excluding hydrogens is 321 g/mol. The Morgan fingerprint density at radius 2 is 2.14 bits per heavy atom. The summed E-state index contributed by atoms with van der Waals surface area (Å²) in [4.78, 5) is 18.4. The number of benzene rings is 1. The van der Waals surface area contributed by atoms with Gasteiger partial charge >= 0.3 is 6.18 Å². The van der Waals surface area contributed by atoms with Crippen molar-refractivity contribution in [2.45, 2.75) is 32.0 Å². The zero-order chi connectivity index (χ0) is 15.6. The minimum Gasteiger partial charge on any atom is -0.324 e. The molecule has 0 aliphatic rings. The summed E-state index contributed by atoms with van der Waals surface area (Å²) in [6, 6.07) is 2.46. The SMILES string of the molecule is CCCC(N)C(=O)Nc1nc2ccc(C(F)(F)F)cc2[nH]1.Cl. The van der Waals surface area contributed by atoms with Gasteiger partial charge in [-0.05, 0) is 24.6 Å². The number of aromatic amines is 1. The number of anilines is 1. The van der Waals surface area contributed by atoms with Crippen LogP contribution in [0, 0.1) is 0 Å². The molecule has 1 unspecified atom stereocenters. The highest BCUT2D eigenvalue weighted by atomic mass is 35.5. The van der Waals surface area contributed by atoms with Gasteiger partial charge in [0.05, 0.1) is 22.6 Å². The minimum atomic E-state index is -4.42. The van der Waals surface area contributed by atoms with Crippen LogP contribution in [0.3, 0.4) is 0 Å². The van der Waals surface area contributed by atoms with Crippen LogP contribution in [0.25, 0.3) is 11.0 Å². The molecule has 0 bridgehead atoms. The van der Waals surface area contributed by atoms with Crippen LogP contribution in [0.2, 0.25) is 0 Å². The van der Waals surface area contributed by atoms with Gasteiger partial charge in [0.1, 0.15) is 0 Å². The normalized spacial score (nSPS) is 12.8. The molecule has 1 aromatic carbocycles. The lowest BCUT2D eigenvalue weighted by Gasteiger charge is -2.08. The van der Waals surface area contributed by atoms with Gasteiger partial charge in [-0.25, -0.2) is 4.98 Å². The molecule has 0 spiro atoms. The van der Waals surface area contributed by atoms with Gasteiger partial charge < -0.3 is 10.7 Å². The van der Waals surface area contributed by atoms with Crippen molar-refractivity contribution in [1.82, 2.24) is 9.97 Å². The summed E-state index contributed by atoms with van der Waals surface area (Å²) in [7, 11) is 0. The van der Waals surface area contributed by atoms with E-state index in [1.165, 1.54) is 6.07 Å². The number of imidazole rings is 1. The first-order valence-electron chi connectivity index (χ1n) is 6.44. The van der Waals surface area contributed by atoms with Gasteiger partial charge in [-0.3, -0.25) is 10.1 Å². The Morgan fingerprint density at radius 1 is 1.45 bits per heavy atom. The molecule has 1 amide bonds. The Labute approximate surface area is 130 Å². The van der Waals surface area contributed by atoms with Crippen LogP contribution in [0.4, 0.5) is 19.1 Å². The van der Waals surface area contributed by atoms with Gasteiger partial charge in [-0.2, -0.15) is 13.2 Å². The predicted molar refractivity (Wildman–Crippen MR) is 79.9 cm³/mol. The highest BCUT2D eigenvalue weighted by molar-refractivity contribution is 5.94. The number of fused-ring (bicyclic) bond motifs is 1. The number of nitrogens with one attached hydrogen (secondary N) is 2. The summed E-state index contributed by atoms with van der Waals surface area (Å²) >= 11 is 0. The number of aromatic nitrogens is 2. The molecule has 2 rings (SSSR count). The van der Waals surface area contributed by atoms with E-state index in [1.807, 2.05) is 6.92 Å². The van der Waals surface area contributed by atoms with Crippen molar-refractivity contribution in [3.05, 3.63) is 23.8 Å². The number of amides is 1. The fourth-order valence-electron chi connectivity index (χ4n) is 1.90. The third-order valence-electron chi connectivity index (χ3n) is 2.99. The van der Waals surface area contributed by atoms with Crippen LogP contribution in [0.1, 0.15) is 25.3 Å². The minimum absolute atomic E-state index is 0. The summed E-state index contributed by atoms with van der Waals surface area (Å²) in [5, 5.41) is 2.46. The third kappa shape index (κ3) is 4.11. The maximum Gasteiger partial charge on any atom is 0.416 e. The van der Waals surface area contributed by atoms with Crippen molar-refractivity contribution in [3.63, 3.8) is 0 Å². The molecule has 22 heavy (non-hydrogen) atoms. The summed E-state index contributed by atoms with van der Waals surface area (Å²) in [6.45, 7) is 1.90. The average molecular weight is 337 g/mol. The second-order valence-corrected chi connectivity index (χ2v) is 4.70. The van der Waals surface area contributed by atoms with Crippen LogP contribution in [-0.2, 0) is 11.0 Å². The topological polar surface area (TPSA) is 83.8 Å². The molecule has 1 atom stereocenters. The second kappa shape index (κ2) is 6.97. The Kier molecular flexibility index (Phi) is 5.78. The number of H-pyrrole nitrogens is 1. The molecule has 0 aliphatic heterocycles. The van der Waals surface area contributed by atoms with Crippen molar-refractivity contribution >= 4 is 35.3 Å². The van der Waals surface area contributed by atoms with Crippen molar-refractivity contribution in [3.8, 4) is 0 Å². The number of hydrogen-bond acceptors (Lipinski definition) is 3. The number of nitrogens with two attached hydrogens (primary N) is 1. The monoisotopic (exact) mass is 336 g/mol. The smallest absolute Gasteiger partial charge is 0.324 e. The summed E-state index contributed by atoms with van der Waals surface area (Å²) in [5.41, 5.74) is 5.40. The lowest BCUT2D eigenvalue weighted by molar-refractivity contribution is -0.137. The standard InChI is InChI=1S/C13H15F3N4O.ClH/c1-2-3-8(17)11(21)20-12-18-9-5-4-7(13(14,15)16)6-10(9)19-12;/h4-6,8H,2-3,17H2,1H3,(H2,18,19,20,21);1H. The average Bonchev–Trinajstić information content (AvgIpc) is 2.78. The molecule has 4 N–H and O–H groups in total. The predicted octanol–water partition coefficient (Wildman–Crippen LogP) is 3.07. The molecular formula is C13H16ClF3N4O.